The Labute approximate surface area is 127 Å². The van der Waals surface area contributed by atoms with Crippen molar-refractivity contribution < 1.29 is 19.2 Å². The van der Waals surface area contributed by atoms with Crippen LogP contribution in [0.2, 0.25) is 0 Å². The van der Waals surface area contributed by atoms with Gasteiger partial charge in [0.2, 0.25) is 5.69 Å². The summed E-state index contributed by atoms with van der Waals surface area (Å²) in [6.45, 7) is 3.46. The molecule has 5 nitrogen and oxygen atoms in total. The van der Waals surface area contributed by atoms with Gasteiger partial charge in [-0.2, -0.15) is 0 Å². The molecule has 1 amide bonds. The Morgan fingerprint density at radius 2 is 2.14 bits per heavy atom. The highest BCUT2D eigenvalue weighted by atomic mass is 16.5. The van der Waals surface area contributed by atoms with E-state index < -0.39 is 0 Å². The van der Waals surface area contributed by atoms with E-state index in [9.17, 15) is 9.90 Å². The lowest BCUT2D eigenvalue weighted by atomic mass is 10.1. The molecule has 0 radical (unpaired) electrons. The molecule has 0 bridgehead atoms. The molecule has 1 N–H and O–H groups in total. The van der Waals surface area contributed by atoms with E-state index in [0.29, 0.717) is 17.7 Å². The molecule has 0 saturated heterocycles. The second-order valence-electron chi connectivity index (χ2n) is 4.89. The number of para-hydroxylation sites is 1. The topological polar surface area (TPSA) is 61.9 Å². The van der Waals surface area contributed by atoms with Gasteiger partial charge in [0.25, 0.3) is 0 Å². The lowest BCUT2D eigenvalue weighted by Gasteiger charge is -2.07. The van der Waals surface area contributed by atoms with Gasteiger partial charge in [-0.25, -0.2) is 4.79 Å². The average Bonchev–Trinajstić information content (AvgIpc) is 2.98. The molecule has 0 aliphatic carbocycles. The molecule has 5 heteroatoms. The van der Waals surface area contributed by atoms with Crippen molar-refractivity contribution in [1.82, 2.24) is 0 Å². The van der Waals surface area contributed by atoms with Gasteiger partial charge in [0.15, 0.2) is 17.7 Å². The fourth-order valence-corrected chi connectivity index (χ4v) is 2.55. The van der Waals surface area contributed by atoms with E-state index in [-0.39, 0.29) is 17.4 Å². The largest absolute Gasteiger partial charge is 0.504 e. The molecule has 3 rings (SSSR count). The highest BCUT2D eigenvalue weighted by Gasteiger charge is 2.31. The van der Waals surface area contributed by atoms with E-state index in [1.165, 1.54) is 19.2 Å². The van der Waals surface area contributed by atoms with Crippen molar-refractivity contribution in [1.29, 1.82) is 0 Å². The van der Waals surface area contributed by atoms with Crippen molar-refractivity contribution in [2.24, 2.45) is 4.99 Å². The second kappa shape index (κ2) is 5.44. The molecule has 0 spiro atoms. The number of fused-ring (bicyclic) bond motifs is 1. The number of rotatable bonds is 3. The van der Waals surface area contributed by atoms with Crippen LogP contribution in [0, 0.1) is 0 Å². The highest BCUT2D eigenvalue weighted by Crippen LogP contribution is 2.35. The molecule has 0 fully saturated rings. The first kappa shape index (κ1) is 14.0. The van der Waals surface area contributed by atoms with Crippen LogP contribution in [-0.2, 0) is 6.42 Å². The number of nitrogens with zero attached hydrogens (tertiary/aromatic N) is 2. The number of amides is 1. The molecule has 0 saturated carbocycles. The fourth-order valence-electron chi connectivity index (χ4n) is 2.55. The molecule has 0 unspecified atom stereocenters. The Hall–Kier alpha value is -2.95. The predicted octanol–water partition coefficient (Wildman–Crippen LogP) is 2.84. The average molecular weight is 295 g/mol. The summed E-state index contributed by atoms with van der Waals surface area (Å²) in [5, 5.41) is 9.81. The highest BCUT2D eigenvalue weighted by molar-refractivity contribution is 5.98. The van der Waals surface area contributed by atoms with Crippen LogP contribution >= 0.6 is 0 Å². The van der Waals surface area contributed by atoms with E-state index >= 15 is 0 Å². The van der Waals surface area contributed by atoms with Gasteiger partial charge in [-0.05, 0) is 6.72 Å². The molecule has 0 aromatic heterocycles. The number of phenolic OH excluding ortho intramolecular Hbond substituents is 1. The number of phenols is 1. The summed E-state index contributed by atoms with van der Waals surface area (Å²) >= 11 is 0. The van der Waals surface area contributed by atoms with Crippen LogP contribution in [0.4, 0.5) is 11.4 Å². The maximum absolute atomic E-state index is 12.8. The SMILES string of the molecule is C=Nc1cc(O)c(OC)cc1C(=O)[N+]1=CCc2ccccc21. The molecule has 2 aromatic rings. The standard InChI is InChI=1S/C17H14N2O3/c1-18-13-10-15(20)16(22-2)9-12(13)17(21)19-8-7-11-5-3-4-6-14(11)19/h3-6,8-10H,1,7H2,2H3/p+1. The van der Waals surface area contributed by atoms with Gasteiger partial charge < -0.3 is 9.84 Å². The van der Waals surface area contributed by atoms with Crippen molar-refractivity contribution in [2.75, 3.05) is 7.11 Å². The van der Waals surface area contributed by atoms with Crippen LogP contribution in [0.25, 0.3) is 0 Å². The first-order chi connectivity index (χ1) is 10.7. The molecule has 110 valence electrons. The van der Waals surface area contributed by atoms with Crippen LogP contribution in [-0.4, -0.2) is 35.6 Å². The number of carbonyl (C=O) groups is 1. The van der Waals surface area contributed by atoms with Crippen molar-refractivity contribution in [3.8, 4) is 11.5 Å². The van der Waals surface area contributed by atoms with Gasteiger partial charge in [0, 0.05) is 23.8 Å². The van der Waals surface area contributed by atoms with Gasteiger partial charge in [0.1, 0.15) is 5.56 Å². The number of aromatic hydroxyl groups is 1. The van der Waals surface area contributed by atoms with Gasteiger partial charge in [0.05, 0.1) is 19.2 Å². The van der Waals surface area contributed by atoms with Crippen molar-refractivity contribution in [2.45, 2.75) is 6.42 Å². The minimum absolute atomic E-state index is 0.0766. The fraction of sp³-hybridized carbons (Fsp3) is 0.118. The number of carbonyl (C=O) groups excluding carboxylic acids is 1. The van der Waals surface area contributed by atoms with Crippen LogP contribution < -0.4 is 4.74 Å². The maximum atomic E-state index is 12.8. The van der Waals surface area contributed by atoms with E-state index in [0.717, 1.165) is 11.3 Å². The van der Waals surface area contributed by atoms with E-state index in [4.69, 9.17) is 4.74 Å². The molecule has 1 heterocycles. The van der Waals surface area contributed by atoms with Crippen molar-refractivity contribution in [3.63, 3.8) is 0 Å². The van der Waals surface area contributed by atoms with Crippen LogP contribution in [0.15, 0.2) is 41.4 Å². The molecule has 0 atom stereocenters. The summed E-state index contributed by atoms with van der Waals surface area (Å²) in [5.74, 6) is -0.0823. The Morgan fingerprint density at radius 1 is 1.36 bits per heavy atom. The smallest absolute Gasteiger partial charge is 0.427 e. The Kier molecular flexibility index (Phi) is 3.47. The predicted molar refractivity (Wildman–Crippen MR) is 84.3 cm³/mol. The Bertz CT molecular complexity index is 810. The summed E-state index contributed by atoms with van der Waals surface area (Å²) < 4.78 is 6.67. The third-order valence-corrected chi connectivity index (χ3v) is 3.66. The second-order valence-corrected chi connectivity index (χ2v) is 4.89. The quantitative estimate of drug-likeness (QED) is 0.699. The summed E-state index contributed by atoms with van der Waals surface area (Å²) in [4.78, 5) is 16.7. The first-order valence-electron chi connectivity index (χ1n) is 6.78. The van der Waals surface area contributed by atoms with Crippen molar-refractivity contribution >= 4 is 30.2 Å². The summed E-state index contributed by atoms with van der Waals surface area (Å²) in [6.07, 6.45) is 2.53. The Balaban J connectivity index is 2.09. The van der Waals surface area contributed by atoms with E-state index in [2.05, 4.69) is 11.7 Å². The molecular formula is C17H15N2O3+. The van der Waals surface area contributed by atoms with Gasteiger partial charge in [-0.3, -0.25) is 4.99 Å². The minimum atomic E-state index is -0.231. The van der Waals surface area contributed by atoms with Crippen LogP contribution in [0.5, 0.6) is 11.5 Å². The molecular weight excluding hydrogens is 280 g/mol. The number of methoxy groups -OCH3 is 1. The third kappa shape index (κ3) is 2.16. The van der Waals surface area contributed by atoms with E-state index in [1.54, 1.807) is 4.58 Å². The van der Waals surface area contributed by atoms with Gasteiger partial charge in [-0.1, -0.05) is 18.2 Å². The number of aliphatic imine (C=N–C) groups is 1. The van der Waals surface area contributed by atoms with Crippen LogP contribution in [0.1, 0.15) is 15.9 Å². The normalized spacial score (nSPS) is 12.5. The monoisotopic (exact) mass is 295 g/mol. The Morgan fingerprint density at radius 3 is 2.86 bits per heavy atom. The summed E-state index contributed by atoms with van der Waals surface area (Å²) in [5.41, 5.74) is 2.60. The number of hydrogen-bond donors (Lipinski definition) is 1. The van der Waals surface area contributed by atoms with Gasteiger partial charge >= 0.3 is 5.91 Å². The minimum Gasteiger partial charge on any atom is -0.504 e. The zero-order valence-electron chi connectivity index (χ0n) is 12.1. The third-order valence-electron chi connectivity index (χ3n) is 3.66. The van der Waals surface area contributed by atoms with E-state index in [1.807, 2.05) is 30.5 Å². The lowest BCUT2D eigenvalue weighted by Crippen LogP contribution is -2.15. The lowest BCUT2D eigenvalue weighted by molar-refractivity contribution is -0.326. The summed E-state index contributed by atoms with van der Waals surface area (Å²) in [6, 6.07) is 10.6. The van der Waals surface area contributed by atoms with Crippen molar-refractivity contribution in [3.05, 3.63) is 47.5 Å². The number of ether oxygens (including phenoxy) is 1. The van der Waals surface area contributed by atoms with Crippen LogP contribution in [0.3, 0.4) is 0 Å². The molecule has 1 aliphatic heterocycles. The first-order valence-corrected chi connectivity index (χ1v) is 6.78. The summed E-state index contributed by atoms with van der Waals surface area (Å²) in [7, 11) is 1.43. The number of hydrogen-bond acceptors (Lipinski definition) is 4. The molecule has 1 aliphatic rings. The molecule has 2 aromatic carbocycles. The molecule has 22 heavy (non-hydrogen) atoms. The number of benzene rings is 2. The zero-order valence-corrected chi connectivity index (χ0v) is 12.1. The maximum Gasteiger partial charge on any atom is 0.427 e. The van der Waals surface area contributed by atoms with Gasteiger partial charge in [-0.15, -0.1) is 4.58 Å². The zero-order chi connectivity index (χ0) is 15.7.